The summed E-state index contributed by atoms with van der Waals surface area (Å²) in [5, 5.41) is 24.5. The number of H-pyrrole nitrogens is 1. The molecule has 0 amide bonds. The third kappa shape index (κ3) is 31.6. The Morgan fingerprint density at radius 1 is 0.526 bits per heavy atom. The van der Waals surface area contributed by atoms with Crippen molar-refractivity contribution in [1.29, 1.82) is 0 Å². The standard InChI is InChI=1S/C9H12.C8H9NS.C7H12N2.2C7H10N2.C6H10N2.C6H9NO.2C6H9NS/c1-8(2)9-6-4-3-5-7-9;1-6(2)7-4-5-8(9-3)10-7;1-6(2)7-4-8-9(3)5-7;1-6(2)7-3-8-5-9-4-7;1-6(2)7-3-4-8-9-5-7;2*1-5(2)6-3-7-8-4-6;1-5(2)6-3-7-4-8-6;1-5(2)6-3-7-8-4-6/h3-8H,1-2H3;4-6H,1-2H3;4-6H,1-3H3;2*3-6H,1-2H3;3-5H,1-2H3,(H,7,8);3*3-5H,1-2H3. The average molecular weight is 1120 g/mol. The Morgan fingerprint density at radius 2 is 1.13 bits per heavy atom. The predicted molar refractivity (Wildman–Crippen MR) is 330 cm³/mol. The topological polar surface area (TPSA) is 154 Å². The lowest BCUT2D eigenvalue weighted by molar-refractivity contribution is 0.418. The van der Waals surface area contributed by atoms with Gasteiger partial charge in [0, 0.05) is 66.2 Å². The van der Waals surface area contributed by atoms with Gasteiger partial charge >= 0.3 is 0 Å². The van der Waals surface area contributed by atoms with Crippen LogP contribution in [-0.4, -0.2) is 54.7 Å². The molecule has 0 saturated carbocycles. The number of aromatic amines is 1. The molecular weight excluding hydrogens is 1020 g/mol. The maximum Gasteiger partial charge on any atom is 0.241 e. The minimum Gasteiger partial charge on any atom is -0.364 e. The van der Waals surface area contributed by atoms with E-state index in [1.165, 1.54) is 54.7 Å². The Bertz CT molecular complexity index is 2490. The van der Waals surface area contributed by atoms with Gasteiger partial charge in [-0.15, -0.1) is 11.3 Å². The molecule has 422 valence electrons. The van der Waals surface area contributed by atoms with Gasteiger partial charge in [-0.1, -0.05) is 166 Å². The Balaban J connectivity index is 0.000000439. The zero-order valence-corrected chi connectivity index (χ0v) is 52.5. The minimum atomic E-state index is 0.529. The van der Waals surface area contributed by atoms with Gasteiger partial charge in [-0.3, -0.25) is 14.8 Å². The number of thiophene rings is 1. The van der Waals surface area contributed by atoms with E-state index in [1.807, 2.05) is 91.1 Å². The highest BCUT2D eigenvalue weighted by Gasteiger charge is 2.03. The molecule has 1 aromatic carbocycles. The van der Waals surface area contributed by atoms with Crippen LogP contribution in [0.3, 0.4) is 0 Å². The zero-order chi connectivity index (χ0) is 58.4. The second kappa shape index (κ2) is 40.6. The smallest absolute Gasteiger partial charge is 0.241 e. The largest absolute Gasteiger partial charge is 0.364 e. The first-order valence-electron chi connectivity index (χ1n) is 26.7. The summed E-state index contributed by atoms with van der Waals surface area (Å²) >= 11 is 4.82. The molecule has 0 atom stereocenters. The van der Waals surface area contributed by atoms with Crippen molar-refractivity contribution in [2.75, 3.05) is 0 Å². The third-order valence-corrected chi connectivity index (χ3v) is 14.1. The number of aromatic nitrogens is 11. The van der Waals surface area contributed by atoms with Crippen molar-refractivity contribution in [3.8, 4) is 0 Å². The van der Waals surface area contributed by atoms with Crippen molar-refractivity contribution in [2.24, 2.45) is 7.05 Å². The van der Waals surface area contributed by atoms with E-state index in [0.29, 0.717) is 53.3 Å². The lowest BCUT2D eigenvalue weighted by atomic mass is 10.0. The number of nitrogens with one attached hydrogen (secondary N) is 1. The molecule has 13 nitrogen and oxygen atoms in total. The van der Waals surface area contributed by atoms with Crippen molar-refractivity contribution >= 4 is 39.2 Å². The quantitative estimate of drug-likeness (QED) is 0.138. The summed E-state index contributed by atoms with van der Waals surface area (Å²) in [6, 6.07) is 16.4. The fourth-order valence-corrected chi connectivity index (χ4v) is 7.75. The van der Waals surface area contributed by atoms with Crippen molar-refractivity contribution < 1.29 is 4.52 Å². The molecule has 9 rings (SSSR count). The normalized spacial score (nSPS) is 10.2. The molecule has 0 unspecified atom stereocenters. The Morgan fingerprint density at radius 3 is 1.41 bits per heavy atom. The number of nitrogens with zero attached hydrogens (tertiary/aromatic N) is 11. The molecule has 0 aliphatic rings. The van der Waals surface area contributed by atoms with Gasteiger partial charge in [0.25, 0.3) is 0 Å². The van der Waals surface area contributed by atoms with Crippen LogP contribution in [0.2, 0.25) is 0 Å². The second-order valence-corrected chi connectivity index (χ2v) is 23.4. The zero-order valence-electron chi connectivity index (χ0n) is 50.0. The molecule has 1 N–H and O–H groups in total. The first-order valence-corrected chi connectivity index (χ1v) is 29.3. The number of hydrogen-bond donors (Lipinski definition) is 1. The summed E-state index contributed by atoms with van der Waals surface area (Å²) in [5.74, 6) is 5.29. The fraction of sp³-hybridized carbons (Fsp3) is 0.452. The van der Waals surface area contributed by atoms with Gasteiger partial charge in [0.15, 0.2) is 0 Å². The maximum absolute atomic E-state index is 6.73. The summed E-state index contributed by atoms with van der Waals surface area (Å²) in [6.45, 7) is 45.4. The highest BCUT2D eigenvalue weighted by atomic mass is 32.1. The van der Waals surface area contributed by atoms with Gasteiger partial charge in [0.1, 0.15) is 12.6 Å². The predicted octanol–water partition coefficient (Wildman–Crippen LogP) is 18.8. The van der Waals surface area contributed by atoms with Crippen LogP contribution >= 0.6 is 34.2 Å². The molecule has 0 saturated heterocycles. The van der Waals surface area contributed by atoms with E-state index in [4.69, 9.17) is 6.57 Å². The third-order valence-electron chi connectivity index (χ3n) is 11.1. The highest BCUT2D eigenvalue weighted by Crippen LogP contribution is 2.30. The first kappa shape index (κ1) is 69.5. The van der Waals surface area contributed by atoms with Gasteiger partial charge in [0.05, 0.1) is 36.9 Å². The van der Waals surface area contributed by atoms with E-state index >= 15 is 0 Å². The summed E-state index contributed by atoms with van der Waals surface area (Å²) < 4.78 is 10.4. The number of thiazole rings is 1. The van der Waals surface area contributed by atoms with E-state index in [-0.39, 0.29) is 0 Å². The minimum absolute atomic E-state index is 0.529. The van der Waals surface area contributed by atoms with Gasteiger partial charge < -0.3 is 4.52 Å². The van der Waals surface area contributed by atoms with E-state index in [1.54, 1.807) is 53.9 Å². The van der Waals surface area contributed by atoms with Crippen LogP contribution in [0.15, 0.2) is 145 Å². The van der Waals surface area contributed by atoms with Crippen LogP contribution in [0, 0.1) is 6.57 Å². The number of hydrogen-bond acceptors (Lipinski definition) is 13. The molecule has 78 heavy (non-hydrogen) atoms. The Kier molecular flexibility index (Phi) is 36.2. The highest BCUT2D eigenvalue weighted by molar-refractivity contribution is 7.16. The summed E-state index contributed by atoms with van der Waals surface area (Å²) in [5.41, 5.74) is 10.8. The molecule has 0 aliphatic carbocycles. The second-order valence-electron chi connectivity index (χ2n) is 20.7. The van der Waals surface area contributed by atoms with Crippen molar-refractivity contribution in [3.63, 3.8) is 0 Å². The number of aryl methyl sites for hydroxylation is 1. The lowest BCUT2D eigenvalue weighted by Gasteiger charge is -2.01. The van der Waals surface area contributed by atoms with Crippen LogP contribution in [0.25, 0.3) is 4.85 Å². The molecule has 8 heterocycles. The van der Waals surface area contributed by atoms with Crippen molar-refractivity contribution in [1.82, 2.24) is 54.7 Å². The maximum atomic E-state index is 6.73. The van der Waals surface area contributed by atoms with Gasteiger partial charge in [0.2, 0.25) is 5.00 Å². The van der Waals surface area contributed by atoms with Gasteiger partial charge in [-0.05, 0) is 115 Å². The van der Waals surface area contributed by atoms with Gasteiger partial charge in [-0.2, -0.15) is 31.7 Å². The molecule has 0 bridgehead atoms. The average Bonchev–Trinajstić information content (AvgIpc) is 4.29. The van der Waals surface area contributed by atoms with Crippen LogP contribution in [0.4, 0.5) is 5.00 Å². The summed E-state index contributed by atoms with van der Waals surface area (Å²) in [4.78, 5) is 17.8. The Hall–Kier alpha value is -6.54. The first-order chi connectivity index (χ1) is 37.1. The number of benzene rings is 1. The summed E-state index contributed by atoms with van der Waals surface area (Å²) in [6.07, 6.45) is 23.7. The number of rotatable bonds is 9. The summed E-state index contributed by atoms with van der Waals surface area (Å²) in [7, 11) is 1.94. The molecule has 16 heteroatoms. The molecule has 8 aromatic heterocycles. The van der Waals surface area contributed by atoms with E-state index in [2.05, 4.69) is 214 Å². The van der Waals surface area contributed by atoms with E-state index in [0.717, 1.165) is 10.6 Å². The fourth-order valence-electron chi connectivity index (χ4n) is 5.62. The van der Waals surface area contributed by atoms with Gasteiger partial charge in [-0.25, -0.2) is 19.2 Å². The SMILES string of the molecule is CC(C)c1ccccc1.CC(C)c1ccnnc1.CC(C)c1cn[nH]c1.CC(C)c1cncnc1.CC(C)c1cncs1.CC(C)c1cnn(C)c1.CC(C)c1cnoc1.CC(C)c1cnsc1.[C-]#[N+]c1ccc(C(C)C)s1. The van der Waals surface area contributed by atoms with Crippen LogP contribution < -0.4 is 0 Å². The van der Waals surface area contributed by atoms with E-state index < -0.39 is 0 Å². The molecular formula is C62H90N12OS3. The molecule has 0 aliphatic heterocycles. The van der Waals surface area contributed by atoms with E-state index in [9.17, 15) is 0 Å². The molecule has 0 fully saturated rings. The monoisotopic (exact) mass is 1110 g/mol. The van der Waals surface area contributed by atoms with Crippen molar-refractivity contribution in [3.05, 3.63) is 200 Å². The van der Waals surface area contributed by atoms with Crippen molar-refractivity contribution in [2.45, 2.75) is 178 Å². The van der Waals surface area contributed by atoms with Crippen LogP contribution in [0.1, 0.15) is 227 Å². The molecule has 0 radical (unpaired) electrons. The molecule has 9 aromatic rings. The molecule has 0 spiro atoms. The lowest BCUT2D eigenvalue weighted by Crippen LogP contribution is -1.88. The van der Waals surface area contributed by atoms with Crippen LogP contribution in [0.5, 0.6) is 0 Å². The Labute approximate surface area is 480 Å². The van der Waals surface area contributed by atoms with Crippen LogP contribution in [-0.2, 0) is 7.05 Å².